The van der Waals surface area contributed by atoms with Crippen LogP contribution in [0.2, 0.25) is 0 Å². The van der Waals surface area contributed by atoms with E-state index in [-0.39, 0.29) is 15.4 Å². The summed E-state index contributed by atoms with van der Waals surface area (Å²) in [6, 6.07) is 21.0. The molecule has 0 radical (unpaired) electrons. The predicted molar refractivity (Wildman–Crippen MR) is 116 cm³/mol. The van der Waals surface area contributed by atoms with Crippen molar-refractivity contribution >= 4 is 44.0 Å². The highest BCUT2D eigenvalue weighted by Crippen LogP contribution is 2.22. The Balaban J connectivity index is 1.68. The van der Waals surface area contributed by atoms with Crippen LogP contribution in [0.5, 0.6) is 11.5 Å². The molecule has 0 aliphatic rings. The van der Waals surface area contributed by atoms with Crippen LogP contribution < -0.4 is 15.4 Å². The maximum absolute atomic E-state index is 12.2. The van der Waals surface area contributed by atoms with Crippen LogP contribution in [0, 0.1) is 0 Å². The summed E-state index contributed by atoms with van der Waals surface area (Å²) < 4.78 is 5.06. The van der Waals surface area contributed by atoms with Gasteiger partial charge in [-0.15, -0.1) is 0 Å². The number of hydrogen-bond acceptors (Lipinski definition) is 4. The smallest absolute Gasteiger partial charge is 0.417 e. The number of halogens is 1. The highest BCUT2D eigenvalue weighted by Gasteiger charge is 2.10. The molecule has 3 rings (SSSR count). The van der Waals surface area contributed by atoms with Crippen molar-refractivity contribution < 1.29 is 19.4 Å². The molecule has 6 nitrogen and oxygen atoms in total. The van der Waals surface area contributed by atoms with E-state index < -0.39 is 6.09 Å². The molecule has 3 aromatic carbocycles. The van der Waals surface area contributed by atoms with E-state index in [9.17, 15) is 14.7 Å². The van der Waals surface area contributed by atoms with Crippen molar-refractivity contribution in [3.63, 3.8) is 0 Å². The fourth-order valence-corrected chi connectivity index (χ4v) is 2.94. The quantitative estimate of drug-likeness (QED) is 0.249. The Morgan fingerprint density at radius 2 is 1.68 bits per heavy atom. The van der Waals surface area contributed by atoms with Crippen molar-refractivity contribution in [3.8, 4) is 11.5 Å². The molecule has 0 saturated carbocycles. The molecule has 0 heterocycles. The number of carbonyl (C=O) groups excluding carboxylic acids is 2. The van der Waals surface area contributed by atoms with Gasteiger partial charge in [0.05, 0.1) is 0 Å². The van der Waals surface area contributed by atoms with Crippen molar-refractivity contribution in [1.82, 2.24) is 0 Å². The first-order chi connectivity index (χ1) is 13.5. The summed E-state index contributed by atoms with van der Waals surface area (Å²) in [7, 11) is 0. The normalized spacial score (nSPS) is 10.2. The van der Waals surface area contributed by atoms with Crippen LogP contribution in [0.1, 0.15) is 11.1 Å². The third-order valence-electron chi connectivity index (χ3n) is 3.87. The number of benzene rings is 3. The average Bonchev–Trinajstić information content (AvgIpc) is 2.64. The van der Waals surface area contributed by atoms with E-state index in [4.69, 9.17) is 4.74 Å². The van der Waals surface area contributed by atoms with Gasteiger partial charge >= 0.3 is 6.09 Å². The molecule has 0 aliphatic carbocycles. The first-order valence-electron chi connectivity index (χ1n) is 8.41. The minimum absolute atomic E-state index is 0.0212. The molecule has 0 atom stereocenters. The van der Waals surface area contributed by atoms with Gasteiger partial charge in [-0.2, -0.15) is 0 Å². The van der Waals surface area contributed by atoms with Gasteiger partial charge in [-0.1, -0.05) is 36.4 Å². The highest BCUT2D eigenvalue weighted by atomic mass is 127. The van der Waals surface area contributed by atoms with Gasteiger partial charge < -0.3 is 15.2 Å². The third kappa shape index (κ3) is 5.71. The molecule has 2 amide bonds. The minimum atomic E-state index is -0.641. The Kier molecular flexibility index (Phi) is 6.49. The molecule has 7 heteroatoms. The first kappa shape index (κ1) is 19.7. The van der Waals surface area contributed by atoms with Gasteiger partial charge in [0.25, 0.3) is 3.91 Å². The lowest BCUT2D eigenvalue weighted by atomic mass is 10.0. The number of ether oxygens (including phenoxy) is 1. The molecule has 0 fully saturated rings. The van der Waals surface area contributed by atoms with Gasteiger partial charge in [0.1, 0.15) is 11.5 Å². The maximum atomic E-state index is 12.2. The second-order valence-corrected chi connectivity index (χ2v) is 6.92. The number of anilines is 2. The zero-order valence-electron chi connectivity index (χ0n) is 14.7. The van der Waals surface area contributed by atoms with Crippen LogP contribution in [0.25, 0.3) is 0 Å². The Labute approximate surface area is 175 Å². The van der Waals surface area contributed by atoms with E-state index >= 15 is 0 Å². The van der Waals surface area contributed by atoms with Crippen molar-refractivity contribution in [2.24, 2.45) is 0 Å². The van der Waals surface area contributed by atoms with Gasteiger partial charge in [0, 0.05) is 40.0 Å². The lowest BCUT2D eigenvalue weighted by molar-refractivity contribution is 0.215. The lowest BCUT2D eigenvalue weighted by Gasteiger charge is -2.12. The first-order valence-corrected chi connectivity index (χ1v) is 9.49. The van der Waals surface area contributed by atoms with Crippen molar-refractivity contribution in [2.75, 3.05) is 10.6 Å². The largest absolute Gasteiger partial charge is 0.508 e. The molecule has 0 unspecified atom stereocenters. The zero-order valence-corrected chi connectivity index (χ0v) is 16.8. The fourth-order valence-electron chi connectivity index (χ4n) is 2.63. The number of amides is 2. The van der Waals surface area contributed by atoms with E-state index in [1.54, 1.807) is 40.8 Å². The summed E-state index contributed by atoms with van der Waals surface area (Å²) in [5.74, 6) is 0.274. The topological polar surface area (TPSA) is 87.7 Å². The molecular weight excluding hydrogens is 471 g/mol. The molecule has 3 N–H and O–H groups in total. The zero-order chi connectivity index (χ0) is 19.9. The molecule has 28 heavy (non-hydrogen) atoms. The van der Waals surface area contributed by atoms with E-state index in [1.165, 1.54) is 12.1 Å². The Hall–Kier alpha value is -3.07. The number of para-hydroxylation sites is 1. The molecule has 142 valence electrons. The Morgan fingerprint density at radius 1 is 0.929 bits per heavy atom. The molecule has 0 saturated heterocycles. The van der Waals surface area contributed by atoms with Crippen LogP contribution >= 0.6 is 22.6 Å². The standard InChI is InChI=1S/C21H17IN2O4/c22-20(26)23-16-10-8-14(9-11-16)12-15-4-1-2-7-19(15)24-21(27)28-18-6-3-5-17(25)13-18/h1-11,13,25H,12H2,(H,23,26)(H,24,27). The summed E-state index contributed by atoms with van der Waals surface area (Å²) >= 11 is 1.68. The molecular formula is C21H17IN2O4. The monoisotopic (exact) mass is 488 g/mol. The lowest BCUT2D eigenvalue weighted by Crippen LogP contribution is -2.17. The third-order valence-corrected chi connectivity index (χ3v) is 4.14. The van der Waals surface area contributed by atoms with E-state index in [2.05, 4.69) is 10.6 Å². The Bertz CT molecular complexity index is 990. The maximum Gasteiger partial charge on any atom is 0.417 e. The minimum Gasteiger partial charge on any atom is -0.508 e. The van der Waals surface area contributed by atoms with Gasteiger partial charge in [-0.05, 0) is 47.9 Å². The van der Waals surface area contributed by atoms with Crippen LogP contribution in [0.4, 0.5) is 21.0 Å². The second-order valence-electron chi connectivity index (χ2n) is 5.94. The van der Waals surface area contributed by atoms with Crippen LogP contribution in [-0.4, -0.2) is 15.1 Å². The molecule has 0 bridgehead atoms. The Morgan fingerprint density at radius 3 is 2.39 bits per heavy atom. The van der Waals surface area contributed by atoms with Gasteiger partial charge in [-0.3, -0.25) is 10.1 Å². The van der Waals surface area contributed by atoms with Crippen LogP contribution in [0.3, 0.4) is 0 Å². The SMILES string of the molecule is O=C(I)Nc1ccc(Cc2ccccc2NC(=O)Oc2cccc(O)c2)cc1. The number of carbonyl (C=O) groups is 2. The van der Waals surface area contributed by atoms with Gasteiger partial charge in [-0.25, -0.2) is 4.79 Å². The van der Waals surface area contributed by atoms with Crippen molar-refractivity contribution in [2.45, 2.75) is 6.42 Å². The number of phenols is 1. The van der Waals surface area contributed by atoms with Crippen molar-refractivity contribution in [1.29, 1.82) is 0 Å². The average molecular weight is 488 g/mol. The van der Waals surface area contributed by atoms with Gasteiger partial charge in [0.2, 0.25) is 0 Å². The fraction of sp³-hybridized carbons (Fsp3) is 0.0476. The molecule has 3 aromatic rings. The van der Waals surface area contributed by atoms with Crippen molar-refractivity contribution in [3.05, 3.63) is 83.9 Å². The van der Waals surface area contributed by atoms with E-state index in [1.807, 2.05) is 42.5 Å². The summed E-state index contributed by atoms with van der Waals surface area (Å²) in [6.45, 7) is 0. The summed E-state index contributed by atoms with van der Waals surface area (Å²) in [6.07, 6.45) is -0.0423. The summed E-state index contributed by atoms with van der Waals surface area (Å²) in [4.78, 5) is 23.3. The highest BCUT2D eigenvalue weighted by molar-refractivity contribution is 14.1. The predicted octanol–water partition coefficient (Wildman–Crippen LogP) is 5.56. The second kappa shape index (κ2) is 9.23. The number of phenolic OH excluding ortho intramolecular Hbond substituents is 1. The molecule has 0 aromatic heterocycles. The van der Waals surface area contributed by atoms with E-state index in [0.717, 1.165) is 16.8 Å². The van der Waals surface area contributed by atoms with Gasteiger partial charge in [0.15, 0.2) is 0 Å². The number of hydrogen-bond donors (Lipinski definition) is 3. The number of rotatable bonds is 5. The summed E-state index contributed by atoms with van der Waals surface area (Å²) in [5, 5.41) is 14.9. The number of aromatic hydroxyl groups is 1. The van der Waals surface area contributed by atoms with Crippen LogP contribution in [0.15, 0.2) is 72.8 Å². The molecule has 0 spiro atoms. The number of nitrogens with one attached hydrogen (secondary N) is 2. The molecule has 0 aliphatic heterocycles. The summed E-state index contributed by atoms with van der Waals surface area (Å²) in [5.41, 5.74) is 3.31. The van der Waals surface area contributed by atoms with Crippen LogP contribution in [-0.2, 0) is 6.42 Å². The van der Waals surface area contributed by atoms with E-state index in [0.29, 0.717) is 12.1 Å².